The molecule has 0 aliphatic heterocycles. The van der Waals surface area contributed by atoms with Gasteiger partial charge in [0.05, 0.1) is 11.0 Å². The Morgan fingerprint density at radius 1 is 0.840 bits per heavy atom. The van der Waals surface area contributed by atoms with E-state index in [4.69, 9.17) is 4.74 Å². The first kappa shape index (κ1) is 15.3. The van der Waals surface area contributed by atoms with Crippen molar-refractivity contribution in [1.82, 2.24) is 9.97 Å². The first-order valence-electron chi connectivity index (χ1n) is 7.82. The average molecular weight is 336 g/mol. The van der Waals surface area contributed by atoms with Gasteiger partial charge in [-0.25, -0.2) is 13.8 Å². The molecule has 1 heterocycles. The Kier molecular flexibility index (Phi) is 3.90. The molecule has 0 amide bonds. The van der Waals surface area contributed by atoms with Crippen LogP contribution in [0.15, 0.2) is 66.7 Å². The van der Waals surface area contributed by atoms with Crippen LogP contribution < -0.4 is 4.74 Å². The molecule has 0 aliphatic rings. The van der Waals surface area contributed by atoms with Crippen LogP contribution in [0.25, 0.3) is 22.4 Å². The van der Waals surface area contributed by atoms with E-state index >= 15 is 0 Å². The standard InChI is InChI=1S/C20H14F2N2O/c21-15-8-5-9-16(22)19(15)25-12-13-6-1-2-7-14(13)20-23-17-10-3-4-11-18(17)24-20/h1-11H,12H2,(H,23,24). The van der Waals surface area contributed by atoms with Gasteiger partial charge in [0.1, 0.15) is 12.4 Å². The summed E-state index contributed by atoms with van der Waals surface area (Å²) >= 11 is 0. The molecule has 3 aromatic carbocycles. The third kappa shape index (κ3) is 2.96. The maximum absolute atomic E-state index is 13.7. The molecule has 0 spiro atoms. The Morgan fingerprint density at radius 2 is 1.56 bits per heavy atom. The smallest absolute Gasteiger partial charge is 0.191 e. The van der Waals surface area contributed by atoms with Crippen molar-refractivity contribution in [2.24, 2.45) is 0 Å². The van der Waals surface area contributed by atoms with Gasteiger partial charge in [0, 0.05) is 11.1 Å². The summed E-state index contributed by atoms with van der Waals surface area (Å²) in [6, 6.07) is 18.8. The third-order valence-corrected chi connectivity index (χ3v) is 3.95. The van der Waals surface area contributed by atoms with E-state index in [1.807, 2.05) is 48.5 Å². The van der Waals surface area contributed by atoms with E-state index in [0.29, 0.717) is 5.82 Å². The number of fused-ring (bicyclic) bond motifs is 1. The van der Waals surface area contributed by atoms with Crippen LogP contribution in [0.3, 0.4) is 0 Å². The zero-order chi connectivity index (χ0) is 17.2. The van der Waals surface area contributed by atoms with E-state index in [-0.39, 0.29) is 12.4 Å². The lowest BCUT2D eigenvalue weighted by atomic mass is 10.1. The lowest BCUT2D eigenvalue weighted by Crippen LogP contribution is -2.01. The molecule has 0 atom stereocenters. The van der Waals surface area contributed by atoms with Gasteiger partial charge in [0.25, 0.3) is 0 Å². The van der Waals surface area contributed by atoms with Crippen molar-refractivity contribution in [1.29, 1.82) is 0 Å². The van der Waals surface area contributed by atoms with Crippen molar-refractivity contribution in [3.8, 4) is 17.1 Å². The molecule has 3 nitrogen and oxygen atoms in total. The van der Waals surface area contributed by atoms with Crippen molar-refractivity contribution in [2.75, 3.05) is 0 Å². The van der Waals surface area contributed by atoms with Crippen LogP contribution >= 0.6 is 0 Å². The van der Waals surface area contributed by atoms with Crippen LogP contribution in [0.5, 0.6) is 5.75 Å². The summed E-state index contributed by atoms with van der Waals surface area (Å²) in [5.74, 6) is -1.13. The number of halogens is 2. The summed E-state index contributed by atoms with van der Waals surface area (Å²) in [6.07, 6.45) is 0. The maximum Gasteiger partial charge on any atom is 0.191 e. The van der Waals surface area contributed by atoms with E-state index in [9.17, 15) is 8.78 Å². The first-order valence-corrected chi connectivity index (χ1v) is 7.82. The molecule has 0 saturated heterocycles. The van der Waals surface area contributed by atoms with Gasteiger partial charge in [-0.1, -0.05) is 42.5 Å². The van der Waals surface area contributed by atoms with E-state index in [1.54, 1.807) is 0 Å². The number of H-pyrrole nitrogens is 1. The second-order valence-electron chi connectivity index (χ2n) is 5.60. The van der Waals surface area contributed by atoms with E-state index in [2.05, 4.69) is 9.97 Å². The van der Waals surface area contributed by atoms with Crippen LogP contribution in [0, 0.1) is 11.6 Å². The molecule has 1 N–H and O–H groups in total. The minimum Gasteiger partial charge on any atom is -0.483 e. The average Bonchev–Trinajstić information content (AvgIpc) is 3.05. The van der Waals surface area contributed by atoms with Crippen LogP contribution in [0.2, 0.25) is 0 Å². The van der Waals surface area contributed by atoms with Gasteiger partial charge in [0.2, 0.25) is 0 Å². The molecule has 0 aliphatic carbocycles. The Bertz CT molecular complexity index is 989. The fourth-order valence-corrected chi connectivity index (χ4v) is 2.73. The Balaban J connectivity index is 1.67. The van der Waals surface area contributed by atoms with Crippen LogP contribution in [0.4, 0.5) is 8.78 Å². The summed E-state index contributed by atoms with van der Waals surface area (Å²) in [5.41, 5.74) is 3.39. The molecule has 124 valence electrons. The number of rotatable bonds is 4. The number of para-hydroxylation sites is 3. The molecule has 0 fully saturated rings. The lowest BCUT2D eigenvalue weighted by Gasteiger charge is -2.11. The number of aromatic nitrogens is 2. The number of hydrogen-bond acceptors (Lipinski definition) is 2. The van der Waals surface area contributed by atoms with Gasteiger partial charge in [-0.15, -0.1) is 0 Å². The number of benzene rings is 3. The quantitative estimate of drug-likeness (QED) is 0.564. The molecule has 4 rings (SSSR count). The number of aromatic amines is 1. The van der Waals surface area contributed by atoms with Crippen molar-refractivity contribution < 1.29 is 13.5 Å². The Labute approximate surface area is 142 Å². The number of nitrogens with one attached hydrogen (secondary N) is 1. The van der Waals surface area contributed by atoms with Crippen LogP contribution in [-0.2, 0) is 6.61 Å². The molecule has 0 unspecified atom stereocenters. The van der Waals surface area contributed by atoms with Gasteiger partial charge in [-0.3, -0.25) is 0 Å². The number of nitrogens with zero attached hydrogens (tertiary/aromatic N) is 1. The minimum absolute atomic E-state index is 0.0328. The molecule has 0 bridgehead atoms. The highest BCUT2D eigenvalue weighted by molar-refractivity contribution is 5.79. The van der Waals surface area contributed by atoms with Crippen molar-refractivity contribution in [3.63, 3.8) is 0 Å². The van der Waals surface area contributed by atoms with Crippen LogP contribution in [-0.4, -0.2) is 9.97 Å². The summed E-state index contributed by atoms with van der Waals surface area (Å²) < 4.78 is 32.9. The molecular formula is C20H14F2N2O. The maximum atomic E-state index is 13.7. The summed E-state index contributed by atoms with van der Waals surface area (Å²) in [6.45, 7) is 0.0328. The summed E-state index contributed by atoms with van der Waals surface area (Å²) in [5, 5.41) is 0. The summed E-state index contributed by atoms with van der Waals surface area (Å²) in [7, 11) is 0. The van der Waals surface area contributed by atoms with Gasteiger partial charge in [0.15, 0.2) is 17.4 Å². The summed E-state index contributed by atoms with van der Waals surface area (Å²) in [4.78, 5) is 7.83. The second-order valence-corrected chi connectivity index (χ2v) is 5.60. The van der Waals surface area contributed by atoms with Gasteiger partial charge in [-0.2, -0.15) is 0 Å². The number of imidazole rings is 1. The zero-order valence-electron chi connectivity index (χ0n) is 13.2. The molecule has 0 radical (unpaired) electrons. The minimum atomic E-state index is -0.721. The van der Waals surface area contributed by atoms with Crippen LogP contribution in [0.1, 0.15) is 5.56 Å². The molecule has 0 saturated carbocycles. The fourth-order valence-electron chi connectivity index (χ4n) is 2.73. The molecule has 25 heavy (non-hydrogen) atoms. The molecule has 5 heteroatoms. The first-order chi connectivity index (χ1) is 12.2. The number of hydrogen-bond donors (Lipinski definition) is 1. The largest absolute Gasteiger partial charge is 0.483 e. The Hall–Kier alpha value is -3.21. The van der Waals surface area contributed by atoms with E-state index in [0.717, 1.165) is 22.2 Å². The molecule has 4 aromatic rings. The van der Waals surface area contributed by atoms with Crippen molar-refractivity contribution in [2.45, 2.75) is 6.61 Å². The SMILES string of the molecule is Fc1cccc(F)c1OCc1ccccc1-c1nc2ccccc2[nH]1. The zero-order valence-corrected chi connectivity index (χ0v) is 13.2. The monoisotopic (exact) mass is 336 g/mol. The predicted octanol–water partition coefficient (Wildman–Crippen LogP) is 5.09. The van der Waals surface area contributed by atoms with Gasteiger partial charge in [-0.05, 0) is 24.3 Å². The Morgan fingerprint density at radius 3 is 2.36 bits per heavy atom. The van der Waals surface area contributed by atoms with Crippen molar-refractivity contribution >= 4 is 11.0 Å². The second kappa shape index (κ2) is 6.36. The number of ether oxygens (including phenoxy) is 1. The van der Waals surface area contributed by atoms with Crippen molar-refractivity contribution in [3.05, 3.63) is 83.9 Å². The van der Waals surface area contributed by atoms with E-state index in [1.165, 1.54) is 18.2 Å². The molecule has 1 aromatic heterocycles. The van der Waals surface area contributed by atoms with Gasteiger partial charge >= 0.3 is 0 Å². The highest BCUT2D eigenvalue weighted by Gasteiger charge is 2.13. The topological polar surface area (TPSA) is 37.9 Å². The normalized spacial score (nSPS) is 11.0. The highest BCUT2D eigenvalue weighted by Crippen LogP contribution is 2.27. The highest BCUT2D eigenvalue weighted by atomic mass is 19.1. The predicted molar refractivity (Wildman–Crippen MR) is 92.2 cm³/mol. The lowest BCUT2D eigenvalue weighted by molar-refractivity contribution is 0.274. The third-order valence-electron chi connectivity index (χ3n) is 3.95. The fraction of sp³-hybridized carbons (Fsp3) is 0.0500. The van der Waals surface area contributed by atoms with Gasteiger partial charge < -0.3 is 9.72 Å². The van der Waals surface area contributed by atoms with E-state index < -0.39 is 11.6 Å². The molecular weight excluding hydrogens is 322 g/mol.